The number of imidazole rings is 1. The standard InChI is InChI=1S/C11H18N5O5P/c1-22(19,20)21-5-7(4-17)2-3-16-6-13-8-9(16)14-11(12)15-10(8)18/h6-7,17H,2-5H2,1H3,(H,19,20)(H3,12,14,15,18)/t7-/m1/s1. The summed E-state index contributed by atoms with van der Waals surface area (Å²) in [4.78, 5) is 31.1. The lowest BCUT2D eigenvalue weighted by molar-refractivity contribution is 0.144. The van der Waals surface area contributed by atoms with Gasteiger partial charge in [0.05, 0.1) is 12.9 Å². The topological polar surface area (TPSA) is 156 Å². The Morgan fingerprint density at radius 3 is 2.95 bits per heavy atom. The Hall–Kier alpha value is -1.74. The molecule has 0 bridgehead atoms. The Morgan fingerprint density at radius 1 is 1.59 bits per heavy atom. The third-order valence-electron chi connectivity index (χ3n) is 3.08. The summed E-state index contributed by atoms with van der Waals surface area (Å²) in [6, 6.07) is 0. The zero-order chi connectivity index (χ0) is 16.3. The molecule has 2 atom stereocenters. The van der Waals surface area contributed by atoms with Crippen LogP contribution >= 0.6 is 7.60 Å². The van der Waals surface area contributed by atoms with Crippen molar-refractivity contribution < 1.29 is 19.1 Å². The fourth-order valence-electron chi connectivity index (χ4n) is 1.93. The van der Waals surface area contributed by atoms with Crippen molar-refractivity contribution in [1.29, 1.82) is 0 Å². The van der Waals surface area contributed by atoms with E-state index < -0.39 is 13.2 Å². The average molecular weight is 331 g/mol. The van der Waals surface area contributed by atoms with Crippen LogP contribution in [-0.2, 0) is 15.6 Å². The molecule has 1 unspecified atom stereocenters. The van der Waals surface area contributed by atoms with E-state index in [1.807, 2.05) is 0 Å². The zero-order valence-electron chi connectivity index (χ0n) is 12.0. The summed E-state index contributed by atoms with van der Waals surface area (Å²) in [6.07, 6.45) is 1.91. The fraction of sp³-hybridized carbons (Fsp3) is 0.545. The number of nitrogen functional groups attached to an aromatic ring is 1. The van der Waals surface area contributed by atoms with Gasteiger partial charge in [0.15, 0.2) is 11.2 Å². The van der Waals surface area contributed by atoms with Crippen molar-refractivity contribution >= 4 is 24.7 Å². The number of anilines is 1. The predicted molar refractivity (Wildman–Crippen MR) is 79.5 cm³/mol. The first-order valence-electron chi connectivity index (χ1n) is 6.56. The third kappa shape index (κ3) is 4.14. The highest BCUT2D eigenvalue weighted by atomic mass is 31.2. The van der Waals surface area contributed by atoms with E-state index in [0.717, 1.165) is 6.66 Å². The van der Waals surface area contributed by atoms with Gasteiger partial charge in [-0.15, -0.1) is 0 Å². The van der Waals surface area contributed by atoms with Crippen LogP contribution in [0.2, 0.25) is 0 Å². The lowest BCUT2D eigenvalue weighted by atomic mass is 10.1. The number of nitrogens with two attached hydrogens (primary N) is 1. The van der Waals surface area contributed by atoms with Crippen molar-refractivity contribution in [3.05, 3.63) is 16.7 Å². The smallest absolute Gasteiger partial charge is 0.325 e. The maximum Gasteiger partial charge on any atom is 0.325 e. The molecule has 2 aromatic rings. The Kier molecular flexibility index (Phi) is 4.97. The van der Waals surface area contributed by atoms with Gasteiger partial charge in [-0.05, 0) is 6.42 Å². The molecule has 5 N–H and O–H groups in total. The monoisotopic (exact) mass is 331 g/mol. The van der Waals surface area contributed by atoms with Crippen LogP contribution in [0.4, 0.5) is 5.95 Å². The normalized spacial score (nSPS) is 15.8. The second-order valence-corrected chi connectivity index (χ2v) is 6.86. The molecule has 0 fully saturated rings. The molecule has 0 spiro atoms. The molecule has 0 aliphatic heterocycles. The molecule has 0 aromatic carbocycles. The molecule has 10 nitrogen and oxygen atoms in total. The molecule has 2 heterocycles. The van der Waals surface area contributed by atoms with Crippen LogP contribution in [-0.4, -0.2) is 49.4 Å². The molecule has 0 aliphatic rings. The maximum absolute atomic E-state index is 11.6. The van der Waals surface area contributed by atoms with Crippen molar-refractivity contribution in [1.82, 2.24) is 19.5 Å². The van der Waals surface area contributed by atoms with E-state index in [9.17, 15) is 14.5 Å². The molecule has 11 heteroatoms. The van der Waals surface area contributed by atoms with Gasteiger partial charge in [-0.2, -0.15) is 4.98 Å². The first kappa shape index (κ1) is 16.6. The number of H-pyrrole nitrogens is 1. The van der Waals surface area contributed by atoms with E-state index >= 15 is 0 Å². The Bertz CT molecular complexity index is 751. The van der Waals surface area contributed by atoms with Crippen molar-refractivity contribution in [2.45, 2.75) is 13.0 Å². The van der Waals surface area contributed by atoms with E-state index in [0.29, 0.717) is 18.6 Å². The second-order valence-electron chi connectivity index (χ2n) is 5.00. The number of hydrogen-bond acceptors (Lipinski definition) is 7. The SMILES string of the molecule is CP(=O)(O)OC[C@@H](CO)CCn1cnc2c(=O)[nH]c(N)nc21. The van der Waals surface area contributed by atoms with Crippen LogP contribution in [0.3, 0.4) is 0 Å². The minimum Gasteiger partial charge on any atom is -0.396 e. The number of aryl methyl sites for hydroxylation is 1. The number of rotatable bonds is 7. The number of nitrogens with one attached hydrogen (secondary N) is 1. The van der Waals surface area contributed by atoms with Crippen LogP contribution in [0.1, 0.15) is 6.42 Å². The lowest BCUT2D eigenvalue weighted by Crippen LogP contribution is -2.16. The Labute approximate surface area is 125 Å². The van der Waals surface area contributed by atoms with Gasteiger partial charge in [0, 0.05) is 25.7 Å². The first-order valence-corrected chi connectivity index (χ1v) is 8.59. The van der Waals surface area contributed by atoms with Crippen LogP contribution in [0.5, 0.6) is 0 Å². The van der Waals surface area contributed by atoms with Crippen LogP contribution in [0, 0.1) is 5.92 Å². The summed E-state index contributed by atoms with van der Waals surface area (Å²) in [5.41, 5.74) is 5.61. The summed E-state index contributed by atoms with van der Waals surface area (Å²) in [5, 5.41) is 9.29. The number of aliphatic hydroxyl groups is 1. The fourth-order valence-corrected chi connectivity index (χ4v) is 2.41. The summed E-state index contributed by atoms with van der Waals surface area (Å²) in [7, 11) is -3.57. The summed E-state index contributed by atoms with van der Waals surface area (Å²) >= 11 is 0. The predicted octanol–water partition coefficient (Wildman–Crippen LogP) is -0.468. The molecule has 0 saturated carbocycles. The molecule has 0 saturated heterocycles. The first-order chi connectivity index (χ1) is 10.3. The lowest BCUT2D eigenvalue weighted by Gasteiger charge is -2.16. The quantitative estimate of drug-likeness (QED) is 0.496. The maximum atomic E-state index is 11.6. The number of hydrogen-bond donors (Lipinski definition) is 4. The molecule has 2 rings (SSSR count). The molecule has 122 valence electrons. The van der Waals surface area contributed by atoms with E-state index in [2.05, 4.69) is 15.0 Å². The van der Waals surface area contributed by atoms with Crippen molar-refractivity contribution in [2.24, 2.45) is 5.92 Å². The molecule has 0 amide bonds. The van der Waals surface area contributed by atoms with E-state index in [4.69, 9.17) is 15.2 Å². The van der Waals surface area contributed by atoms with Gasteiger partial charge in [-0.3, -0.25) is 14.3 Å². The van der Waals surface area contributed by atoms with Crippen LogP contribution in [0.15, 0.2) is 11.1 Å². The van der Waals surface area contributed by atoms with Gasteiger partial charge >= 0.3 is 7.60 Å². The van der Waals surface area contributed by atoms with Gasteiger partial charge in [0.2, 0.25) is 5.95 Å². The largest absolute Gasteiger partial charge is 0.396 e. The summed E-state index contributed by atoms with van der Waals surface area (Å²) < 4.78 is 17.5. The molecular formula is C11H18N5O5P. The number of aromatic nitrogens is 4. The minimum atomic E-state index is -3.57. The van der Waals surface area contributed by atoms with Gasteiger partial charge < -0.3 is 24.8 Å². The number of aromatic amines is 1. The van der Waals surface area contributed by atoms with E-state index in [-0.39, 0.29) is 30.6 Å². The van der Waals surface area contributed by atoms with E-state index in [1.165, 1.54) is 6.33 Å². The Balaban J connectivity index is 2.07. The average Bonchev–Trinajstić information content (AvgIpc) is 2.81. The van der Waals surface area contributed by atoms with Crippen LogP contribution in [0.25, 0.3) is 11.2 Å². The van der Waals surface area contributed by atoms with Gasteiger partial charge in [-0.25, -0.2) is 4.98 Å². The van der Waals surface area contributed by atoms with Gasteiger partial charge in [0.1, 0.15) is 0 Å². The molecule has 2 aromatic heterocycles. The minimum absolute atomic E-state index is 0.00602. The van der Waals surface area contributed by atoms with Crippen molar-refractivity contribution in [3.63, 3.8) is 0 Å². The zero-order valence-corrected chi connectivity index (χ0v) is 12.9. The molecule has 22 heavy (non-hydrogen) atoms. The highest BCUT2D eigenvalue weighted by Gasteiger charge is 2.16. The molecular weight excluding hydrogens is 313 g/mol. The molecule has 0 aliphatic carbocycles. The van der Waals surface area contributed by atoms with Crippen molar-refractivity contribution in [2.75, 3.05) is 25.6 Å². The number of fused-ring (bicyclic) bond motifs is 1. The van der Waals surface area contributed by atoms with Crippen molar-refractivity contribution in [3.8, 4) is 0 Å². The van der Waals surface area contributed by atoms with Crippen LogP contribution < -0.4 is 11.3 Å². The number of aliphatic hydroxyl groups excluding tert-OH is 1. The highest BCUT2D eigenvalue weighted by Crippen LogP contribution is 2.37. The van der Waals surface area contributed by atoms with Gasteiger partial charge in [0.25, 0.3) is 5.56 Å². The molecule has 0 radical (unpaired) electrons. The van der Waals surface area contributed by atoms with E-state index in [1.54, 1.807) is 4.57 Å². The summed E-state index contributed by atoms with van der Waals surface area (Å²) in [5.74, 6) is -0.328. The summed E-state index contributed by atoms with van der Waals surface area (Å²) in [6.45, 7) is 1.26. The van der Waals surface area contributed by atoms with Gasteiger partial charge in [-0.1, -0.05) is 0 Å². The third-order valence-corrected chi connectivity index (χ3v) is 3.71. The Morgan fingerprint density at radius 2 is 2.32 bits per heavy atom. The second kappa shape index (κ2) is 6.57. The number of nitrogens with zero attached hydrogens (tertiary/aromatic N) is 3. The highest BCUT2D eigenvalue weighted by molar-refractivity contribution is 7.51.